The average Bonchev–Trinajstić information content (AvgIpc) is 2.29. The van der Waals surface area contributed by atoms with Crippen LogP contribution in [0.15, 0.2) is 18.2 Å². The van der Waals surface area contributed by atoms with Gasteiger partial charge in [-0.05, 0) is 18.6 Å². The Kier molecular flexibility index (Phi) is 4.30. The predicted molar refractivity (Wildman–Crippen MR) is 59.9 cm³/mol. The molecule has 0 aromatic heterocycles. The van der Waals surface area contributed by atoms with Crippen molar-refractivity contribution in [2.75, 3.05) is 6.61 Å². The molecule has 0 heterocycles. The molecular formula is C11H12N2O3. The number of nitro benzene ring substituents is 1. The van der Waals surface area contributed by atoms with Crippen molar-refractivity contribution in [1.29, 1.82) is 0 Å². The average molecular weight is 220 g/mol. The quantitative estimate of drug-likeness (QED) is 0.473. The van der Waals surface area contributed by atoms with E-state index in [1.807, 2.05) is 0 Å². The first-order valence-electron chi connectivity index (χ1n) is 4.68. The molecule has 16 heavy (non-hydrogen) atoms. The summed E-state index contributed by atoms with van der Waals surface area (Å²) in [6.07, 6.45) is 0. The molecule has 1 rings (SSSR count). The highest BCUT2D eigenvalue weighted by molar-refractivity contribution is 5.48. The van der Waals surface area contributed by atoms with Crippen molar-refractivity contribution in [1.82, 2.24) is 0 Å². The van der Waals surface area contributed by atoms with Crippen LogP contribution >= 0.6 is 0 Å². The predicted octanol–water partition coefficient (Wildman–Crippen LogP) is 1.46. The molecule has 1 aromatic rings. The van der Waals surface area contributed by atoms with Gasteiger partial charge in [0.05, 0.1) is 4.92 Å². The van der Waals surface area contributed by atoms with Crippen molar-refractivity contribution in [2.24, 2.45) is 5.73 Å². The van der Waals surface area contributed by atoms with Crippen LogP contribution in [0.1, 0.15) is 12.5 Å². The first-order chi connectivity index (χ1) is 7.69. The lowest BCUT2D eigenvalue weighted by molar-refractivity contribution is -0.385. The molecule has 0 atom stereocenters. The lowest BCUT2D eigenvalue weighted by atomic mass is 10.2. The van der Waals surface area contributed by atoms with Crippen LogP contribution in [0.5, 0.6) is 5.75 Å². The Hall–Kier alpha value is -2.06. The van der Waals surface area contributed by atoms with Gasteiger partial charge < -0.3 is 10.5 Å². The molecule has 84 valence electrons. The highest BCUT2D eigenvalue weighted by Gasteiger charge is 2.14. The first kappa shape index (κ1) is 12.0. The summed E-state index contributed by atoms with van der Waals surface area (Å²) < 4.78 is 5.21. The van der Waals surface area contributed by atoms with Crippen LogP contribution in [-0.4, -0.2) is 11.5 Å². The van der Waals surface area contributed by atoms with Crippen molar-refractivity contribution in [3.05, 3.63) is 33.9 Å². The maximum atomic E-state index is 10.7. The third-order valence-corrected chi connectivity index (χ3v) is 1.93. The van der Waals surface area contributed by atoms with Gasteiger partial charge in [-0.1, -0.05) is 12.0 Å². The maximum absolute atomic E-state index is 10.7. The van der Waals surface area contributed by atoms with Crippen molar-refractivity contribution in [2.45, 2.75) is 13.5 Å². The topological polar surface area (TPSA) is 78.4 Å². The lowest BCUT2D eigenvalue weighted by Gasteiger charge is -2.05. The molecule has 2 N–H and O–H groups in total. The number of ether oxygens (including phenoxy) is 1. The molecule has 1 aromatic carbocycles. The SMILES string of the molecule is CC#CCOc1cc(CN)ccc1[N+](=O)[O-]. The fraction of sp³-hybridized carbons (Fsp3) is 0.273. The second-order valence-electron chi connectivity index (χ2n) is 2.98. The van der Waals surface area contributed by atoms with Gasteiger partial charge >= 0.3 is 5.69 Å². The van der Waals surface area contributed by atoms with Crippen LogP contribution in [0, 0.1) is 22.0 Å². The Balaban J connectivity index is 2.98. The molecule has 0 saturated heterocycles. The van der Waals surface area contributed by atoms with Crippen molar-refractivity contribution in [3.8, 4) is 17.6 Å². The van der Waals surface area contributed by atoms with Crippen LogP contribution in [0.4, 0.5) is 5.69 Å². The number of hydrogen-bond donors (Lipinski definition) is 1. The standard InChI is InChI=1S/C11H12N2O3/c1-2-3-6-16-11-7-9(8-12)4-5-10(11)13(14)15/h4-5,7H,6,8,12H2,1H3. The zero-order valence-electron chi connectivity index (χ0n) is 8.90. The van der Waals surface area contributed by atoms with Crippen molar-refractivity contribution >= 4 is 5.69 Å². The van der Waals surface area contributed by atoms with Gasteiger partial charge in [0.25, 0.3) is 0 Å². The van der Waals surface area contributed by atoms with E-state index in [2.05, 4.69) is 11.8 Å². The Morgan fingerprint density at radius 1 is 1.56 bits per heavy atom. The number of benzene rings is 1. The zero-order valence-corrected chi connectivity index (χ0v) is 8.90. The molecule has 0 saturated carbocycles. The van der Waals surface area contributed by atoms with Gasteiger partial charge in [-0.25, -0.2) is 0 Å². The van der Waals surface area contributed by atoms with E-state index in [4.69, 9.17) is 10.5 Å². The van der Waals surface area contributed by atoms with E-state index in [-0.39, 0.29) is 18.0 Å². The molecule has 0 fully saturated rings. The van der Waals surface area contributed by atoms with Crippen LogP contribution in [0.25, 0.3) is 0 Å². The summed E-state index contributed by atoms with van der Waals surface area (Å²) >= 11 is 0. The van der Waals surface area contributed by atoms with Gasteiger partial charge in [0, 0.05) is 12.6 Å². The smallest absolute Gasteiger partial charge is 0.310 e. The molecule has 0 unspecified atom stereocenters. The van der Waals surface area contributed by atoms with E-state index in [1.165, 1.54) is 6.07 Å². The molecule has 0 aliphatic rings. The largest absolute Gasteiger partial charge is 0.474 e. The number of nitrogens with zero attached hydrogens (tertiary/aromatic N) is 1. The number of rotatable bonds is 4. The van der Waals surface area contributed by atoms with Gasteiger partial charge in [0.1, 0.15) is 6.61 Å². The molecule has 0 radical (unpaired) electrons. The Morgan fingerprint density at radius 2 is 2.31 bits per heavy atom. The van der Waals surface area contributed by atoms with Gasteiger partial charge in [-0.3, -0.25) is 10.1 Å². The summed E-state index contributed by atoms with van der Waals surface area (Å²) in [7, 11) is 0. The highest BCUT2D eigenvalue weighted by Crippen LogP contribution is 2.27. The fourth-order valence-electron chi connectivity index (χ4n) is 1.14. The minimum atomic E-state index is -0.491. The van der Waals surface area contributed by atoms with Gasteiger partial charge in [0.2, 0.25) is 0 Å². The normalized spacial score (nSPS) is 9.12. The maximum Gasteiger partial charge on any atom is 0.310 e. The Bertz CT molecular complexity index is 446. The molecule has 0 spiro atoms. The zero-order chi connectivity index (χ0) is 12.0. The summed E-state index contributed by atoms with van der Waals surface area (Å²) in [5.41, 5.74) is 6.15. The molecule has 0 aliphatic carbocycles. The second-order valence-corrected chi connectivity index (χ2v) is 2.98. The Morgan fingerprint density at radius 3 is 2.88 bits per heavy atom. The summed E-state index contributed by atoms with van der Waals surface area (Å²) in [5.74, 6) is 5.52. The van der Waals surface area contributed by atoms with Crippen molar-refractivity contribution < 1.29 is 9.66 Å². The summed E-state index contributed by atoms with van der Waals surface area (Å²) in [6.45, 7) is 2.12. The summed E-state index contributed by atoms with van der Waals surface area (Å²) in [4.78, 5) is 10.2. The van der Waals surface area contributed by atoms with Crippen LogP contribution in [0.2, 0.25) is 0 Å². The van der Waals surface area contributed by atoms with E-state index in [0.29, 0.717) is 6.54 Å². The molecule has 0 aliphatic heterocycles. The summed E-state index contributed by atoms with van der Waals surface area (Å²) in [5, 5.41) is 10.7. The fourth-order valence-corrected chi connectivity index (χ4v) is 1.14. The minimum Gasteiger partial charge on any atom is -0.474 e. The molecule has 5 heteroatoms. The number of nitro groups is 1. The minimum absolute atomic E-state index is 0.0740. The summed E-state index contributed by atoms with van der Waals surface area (Å²) in [6, 6.07) is 4.56. The van der Waals surface area contributed by atoms with E-state index >= 15 is 0 Å². The van der Waals surface area contributed by atoms with Crippen LogP contribution in [0.3, 0.4) is 0 Å². The molecular weight excluding hydrogens is 208 g/mol. The monoisotopic (exact) mass is 220 g/mol. The Labute approximate surface area is 93.4 Å². The first-order valence-corrected chi connectivity index (χ1v) is 4.68. The number of hydrogen-bond acceptors (Lipinski definition) is 4. The van der Waals surface area contributed by atoms with Crippen LogP contribution < -0.4 is 10.5 Å². The van der Waals surface area contributed by atoms with E-state index in [0.717, 1.165) is 5.56 Å². The lowest BCUT2D eigenvalue weighted by Crippen LogP contribution is -2.02. The second kappa shape index (κ2) is 5.73. The van der Waals surface area contributed by atoms with E-state index < -0.39 is 4.92 Å². The van der Waals surface area contributed by atoms with Crippen LogP contribution in [-0.2, 0) is 6.54 Å². The van der Waals surface area contributed by atoms with E-state index in [9.17, 15) is 10.1 Å². The molecule has 0 amide bonds. The molecule has 0 bridgehead atoms. The highest BCUT2D eigenvalue weighted by atomic mass is 16.6. The van der Waals surface area contributed by atoms with Gasteiger partial charge in [-0.15, -0.1) is 5.92 Å². The third-order valence-electron chi connectivity index (χ3n) is 1.93. The van der Waals surface area contributed by atoms with Gasteiger partial charge in [0.15, 0.2) is 5.75 Å². The number of nitrogens with two attached hydrogens (primary N) is 1. The van der Waals surface area contributed by atoms with Crippen molar-refractivity contribution in [3.63, 3.8) is 0 Å². The molecule has 5 nitrogen and oxygen atoms in total. The third kappa shape index (κ3) is 2.97. The van der Waals surface area contributed by atoms with Gasteiger partial charge in [-0.2, -0.15) is 0 Å². The van der Waals surface area contributed by atoms with E-state index in [1.54, 1.807) is 19.1 Å².